The lowest BCUT2D eigenvalue weighted by Crippen LogP contribution is -2.29. The number of hydrogen-bond donors (Lipinski definition) is 4. The summed E-state index contributed by atoms with van der Waals surface area (Å²) < 4.78 is 1.53. The first-order chi connectivity index (χ1) is 10.1. The van der Waals surface area contributed by atoms with E-state index in [4.69, 9.17) is 5.73 Å². The first kappa shape index (κ1) is 13.8. The number of nitrogen functional groups attached to an aromatic ring is 1. The molecule has 8 heteroatoms. The molecule has 3 rings (SSSR count). The van der Waals surface area contributed by atoms with Crippen molar-refractivity contribution in [2.45, 2.75) is 18.1 Å². The van der Waals surface area contributed by atoms with Crippen molar-refractivity contribution in [3.63, 3.8) is 0 Å². The lowest BCUT2D eigenvalue weighted by molar-refractivity contribution is -0.000511. The summed E-state index contributed by atoms with van der Waals surface area (Å²) in [5.74, 6) is -1.71. The van der Waals surface area contributed by atoms with Gasteiger partial charge in [0.25, 0.3) is 0 Å². The molecule has 5 atom stereocenters. The van der Waals surface area contributed by atoms with Crippen LogP contribution in [0.5, 0.6) is 0 Å². The van der Waals surface area contributed by atoms with E-state index in [1.807, 2.05) is 6.07 Å². The molecule has 1 aliphatic rings. The number of anilines is 1. The number of aromatic nitrogens is 3. The molecule has 0 radical (unpaired) electrons. The van der Waals surface area contributed by atoms with Gasteiger partial charge in [-0.25, -0.2) is 9.50 Å². The zero-order valence-corrected chi connectivity index (χ0v) is 11.0. The van der Waals surface area contributed by atoms with Crippen molar-refractivity contribution >= 4 is 11.3 Å². The first-order valence-corrected chi connectivity index (χ1v) is 6.55. The monoisotopic (exact) mass is 289 g/mol. The van der Waals surface area contributed by atoms with Crippen LogP contribution in [0.3, 0.4) is 0 Å². The fourth-order valence-electron chi connectivity index (χ4n) is 3.16. The van der Waals surface area contributed by atoms with E-state index in [2.05, 4.69) is 10.1 Å². The van der Waals surface area contributed by atoms with Gasteiger partial charge in [0, 0.05) is 24.1 Å². The summed E-state index contributed by atoms with van der Waals surface area (Å²) in [5, 5.41) is 42.9. The molecule has 2 aromatic heterocycles. The van der Waals surface area contributed by atoms with E-state index in [0.29, 0.717) is 17.0 Å². The molecular weight excluding hydrogens is 274 g/mol. The van der Waals surface area contributed by atoms with Crippen LogP contribution in [0.4, 0.5) is 5.82 Å². The average molecular weight is 289 g/mol. The van der Waals surface area contributed by atoms with E-state index in [9.17, 15) is 20.6 Å². The van der Waals surface area contributed by atoms with Gasteiger partial charge in [0.15, 0.2) is 5.82 Å². The van der Waals surface area contributed by atoms with Crippen molar-refractivity contribution in [1.82, 2.24) is 14.6 Å². The van der Waals surface area contributed by atoms with Crippen LogP contribution in [0.1, 0.15) is 11.6 Å². The van der Waals surface area contributed by atoms with Crippen molar-refractivity contribution in [3.8, 4) is 6.07 Å². The first-order valence-electron chi connectivity index (χ1n) is 6.55. The lowest BCUT2D eigenvalue weighted by Gasteiger charge is -2.20. The molecule has 0 unspecified atom stereocenters. The third-order valence-corrected chi connectivity index (χ3v) is 4.22. The van der Waals surface area contributed by atoms with Crippen LogP contribution in [0.25, 0.3) is 5.52 Å². The number of aliphatic hydroxyl groups excluding tert-OH is 3. The Balaban J connectivity index is 2.16. The van der Waals surface area contributed by atoms with Gasteiger partial charge in [-0.05, 0) is 12.1 Å². The average Bonchev–Trinajstić information content (AvgIpc) is 3.00. The summed E-state index contributed by atoms with van der Waals surface area (Å²) in [6, 6.07) is 5.45. The van der Waals surface area contributed by atoms with Crippen LogP contribution < -0.4 is 5.73 Å². The van der Waals surface area contributed by atoms with Crippen molar-refractivity contribution in [2.75, 3.05) is 12.3 Å². The second-order valence-electron chi connectivity index (χ2n) is 5.21. The Morgan fingerprint density at radius 1 is 1.33 bits per heavy atom. The molecule has 0 saturated heterocycles. The SMILES string of the molecule is N#C[C@@H]1[C@H](O)[C@H](O)[C@@H](CO)[C@@H]1c1ccc2c(N)ncnn12. The number of nitrogens with two attached hydrogens (primary N) is 1. The van der Waals surface area contributed by atoms with Gasteiger partial charge >= 0.3 is 0 Å². The van der Waals surface area contributed by atoms with Gasteiger partial charge in [-0.3, -0.25) is 0 Å². The van der Waals surface area contributed by atoms with Gasteiger partial charge in [-0.15, -0.1) is 0 Å². The summed E-state index contributed by atoms with van der Waals surface area (Å²) in [7, 11) is 0. The number of fused-ring (bicyclic) bond motifs is 1. The molecule has 2 aromatic rings. The zero-order valence-electron chi connectivity index (χ0n) is 11.0. The van der Waals surface area contributed by atoms with Crippen LogP contribution >= 0.6 is 0 Å². The summed E-state index contributed by atoms with van der Waals surface area (Å²) >= 11 is 0. The highest BCUT2D eigenvalue weighted by Gasteiger charge is 2.51. The third kappa shape index (κ3) is 1.86. The van der Waals surface area contributed by atoms with E-state index in [1.165, 1.54) is 10.8 Å². The van der Waals surface area contributed by atoms with Gasteiger partial charge in [0.1, 0.15) is 11.8 Å². The van der Waals surface area contributed by atoms with E-state index < -0.39 is 30.0 Å². The molecule has 0 bridgehead atoms. The molecule has 0 amide bonds. The largest absolute Gasteiger partial charge is 0.396 e. The minimum absolute atomic E-state index is 0.296. The van der Waals surface area contributed by atoms with E-state index in [1.54, 1.807) is 12.1 Å². The lowest BCUT2D eigenvalue weighted by atomic mass is 9.87. The Morgan fingerprint density at radius 3 is 2.76 bits per heavy atom. The Labute approximate surface area is 120 Å². The van der Waals surface area contributed by atoms with E-state index >= 15 is 0 Å². The van der Waals surface area contributed by atoms with Crippen LogP contribution in [0, 0.1) is 23.2 Å². The number of nitrogens with zero attached hydrogens (tertiary/aromatic N) is 4. The highest BCUT2D eigenvalue weighted by molar-refractivity contribution is 5.65. The zero-order chi connectivity index (χ0) is 15.1. The fraction of sp³-hybridized carbons (Fsp3) is 0.462. The topological polar surface area (TPSA) is 141 Å². The summed E-state index contributed by atoms with van der Waals surface area (Å²) in [4.78, 5) is 3.89. The van der Waals surface area contributed by atoms with Crippen LogP contribution in [0.2, 0.25) is 0 Å². The molecule has 110 valence electrons. The van der Waals surface area contributed by atoms with Crippen LogP contribution in [-0.4, -0.2) is 48.7 Å². The van der Waals surface area contributed by atoms with Crippen molar-refractivity contribution < 1.29 is 15.3 Å². The Hall–Kier alpha value is -2.21. The molecule has 0 aromatic carbocycles. The van der Waals surface area contributed by atoms with Gasteiger partial charge in [0.2, 0.25) is 0 Å². The highest BCUT2D eigenvalue weighted by atomic mass is 16.3. The van der Waals surface area contributed by atoms with Gasteiger partial charge < -0.3 is 21.1 Å². The molecule has 5 N–H and O–H groups in total. The van der Waals surface area contributed by atoms with Gasteiger partial charge in [-0.1, -0.05) is 0 Å². The van der Waals surface area contributed by atoms with Gasteiger partial charge in [0.05, 0.1) is 24.2 Å². The Morgan fingerprint density at radius 2 is 2.10 bits per heavy atom. The smallest absolute Gasteiger partial charge is 0.151 e. The predicted octanol–water partition coefficient (Wildman–Crippen LogP) is -1.12. The van der Waals surface area contributed by atoms with E-state index in [-0.39, 0.29) is 6.61 Å². The number of rotatable bonds is 2. The Kier molecular flexibility index (Phi) is 3.25. The number of aliphatic hydroxyl groups is 3. The van der Waals surface area contributed by atoms with Gasteiger partial charge in [-0.2, -0.15) is 10.4 Å². The summed E-state index contributed by atoms with van der Waals surface area (Å²) in [6.07, 6.45) is -1.07. The third-order valence-electron chi connectivity index (χ3n) is 4.22. The molecule has 0 aliphatic heterocycles. The maximum absolute atomic E-state index is 10.0. The van der Waals surface area contributed by atoms with Crippen LogP contribution in [-0.2, 0) is 0 Å². The second-order valence-corrected chi connectivity index (χ2v) is 5.21. The number of nitriles is 1. The molecular formula is C13H15N5O3. The second kappa shape index (κ2) is 4.96. The van der Waals surface area contributed by atoms with Crippen LogP contribution in [0.15, 0.2) is 18.5 Å². The predicted molar refractivity (Wildman–Crippen MR) is 71.8 cm³/mol. The molecule has 8 nitrogen and oxygen atoms in total. The quantitative estimate of drug-likeness (QED) is 0.548. The number of hydrogen-bond acceptors (Lipinski definition) is 7. The summed E-state index contributed by atoms with van der Waals surface area (Å²) in [5.41, 5.74) is 6.96. The molecule has 1 aliphatic carbocycles. The van der Waals surface area contributed by atoms with E-state index in [0.717, 1.165) is 0 Å². The Bertz CT molecular complexity index is 709. The minimum atomic E-state index is -1.21. The maximum atomic E-state index is 10.0. The molecule has 1 fully saturated rings. The molecule has 0 spiro atoms. The van der Waals surface area contributed by atoms with Crippen molar-refractivity contribution in [1.29, 1.82) is 5.26 Å². The molecule has 1 saturated carbocycles. The fourth-order valence-corrected chi connectivity index (χ4v) is 3.16. The molecule has 2 heterocycles. The highest BCUT2D eigenvalue weighted by Crippen LogP contribution is 2.44. The van der Waals surface area contributed by atoms with Crippen molar-refractivity contribution in [2.24, 2.45) is 11.8 Å². The molecule has 21 heavy (non-hydrogen) atoms. The van der Waals surface area contributed by atoms with Crippen molar-refractivity contribution in [3.05, 3.63) is 24.2 Å². The standard InChI is InChI=1S/C13H15N5O3/c14-3-6-10(7(4-19)12(21)11(6)20)8-1-2-9-13(15)16-5-17-18(8)9/h1-2,5-7,10-12,19-21H,4H2,(H2,15,16,17)/t6-,7-,10+,11-,12+/m0/s1. The summed E-state index contributed by atoms with van der Waals surface area (Å²) in [6.45, 7) is -0.338. The normalized spacial score (nSPS) is 32.4. The minimum Gasteiger partial charge on any atom is -0.396 e. The maximum Gasteiger partial charge on any atom is 0.151 e.